The summed E-state index contributed by atoms with van der Waals surface area (Å²) in [4.78, 5) is 0. The highest BCUT2D eigenvalue weighted by Crippen LogP contribution is 2.40. The van der Waals surface area contributed by atoms with Gasteiger partial charge in [-0.15, -0.1) is 5.73 Å². The standard InChI is InChI=1S/C16H30O2/c1-6-9-13(4)12-15(18)16(10-7-2,11-8-3)14(5)17/h9,13-15,17-18H,1,7-8,10-12H2,2-5H3. The van der Waals surface area contributed by atoms with Crippen LogP contribution in [0.25, 0.3) is 0 Å². The van der Waals surface area contributed by atoms with E-state index in [4.69, 9.17) is 0 Å². The highest BCUT2D eigenvalue weighted by molar-refractivity contribution is 4.93. The minimum atomic E-state index is -0.479. The second kappa shape index (κ2) is 8.53. The van der Waals surface area contributed by atoms with Crippen LogP contribution in [0, 0.1) is 11.3 Å². The zero-order valence-electron chi connectivity index (χ0n) is 12.4. The number of allylic oxidation sites excluding steroid dienone is 1. The van der Waals surface area contributed by atoms with Crippen LogP contribution in [0.3, 0.4) is 0 Å². The molecule has 0 aliphatic heterocycles. The Balaban J connectivity index is 4.96. The first-order valence-corrected chi connectivity index (χ1v) is 7.16. The van der Waals surface area contributed by atoms with E-state index in [0.29, 0.717) is 6.42 Å². The van der Waals surface area contributed by atoms with Gasteiger partial charge in [-0.05, 0) is 38.2 Å². The topological polar surface area (TPSA) is 40.5 Å². The van der Waals surface area contributed by atoms with Gasteiger partial charge < -0.3 is 10.2 Å². The summed E-state index contributed by atoms with van der Waals surface area (Å²) in [6.07, 6.45) is 5.28. The lowest BCUT2D eigenvalue weighted by Crippen LogP contribution is -2.44. The van der Waals surface area contributed by atoms with Crippen molar-refractivity contribution >= 4 is 0 Å². The summed E-state index contributed by atoms with van der Waals surface area (Å²) in [5.41, 5.74) is 2.40. The summed E-state index contributed by atoms with van der Waals surface area (Å²) in [6.45, 7) is 11.6. The van der Waals surface area contributed by atoms with Gasteiger partial charge >= 0.3 is 0 Å². The van der Waals surface area contributed by atoms with Gasteiger partial charge in [0.15, 0.2) is 0 Å². The Hall–Kier alpha value is -0.560. The van der Waals surface area contributed by atoms with Gasteiger partial charge in [0.05, 0.1) is 12.2 Å². The molecule has 0 fully saturated rings. The second-order valence-electron chi connectivity index (χ2n) is 5.51. The Morgan fingerprint density at radius 3 is 2.00 bits per heavy atom. The van der Waals surface area contributed by atoms with Gasteiger partial charge in [-0.25, -0.2) is 0 Å². The third-order valence-electron chi connectivity index (χ3n) is 3.92. The maximum atomic E-state index is 10.6. The minimum Gasteiger partial charge on any atom is -0.393 e. The van der Waals surface area contributed by atoms with Crippen molar-refractivity contribution in [1.82, 2.24) is 0 Å². The van der Waals surface area contributed by atoms with Gasteiger partial charge in [0, 0.05) is 5.41 Å². The van der Waals surface area contributed by atoms with Crippen LogP contribution in [0.5, 0.6) is 0 Å². The van der Waals surface area contributed by atoms with Crippen LogP contribution in [0.1, 0.15) is 59.8 Å². The van der Waals surface area contributed by atoms with Crippen molar-refractivity contribution < 1.29 is 10.2 Å². The lowest BCUT2D eigenvalue weighted by molar-refractivity contribution is -0.0808. The molecule has 0 rings (SSSR count). The molecular formula is C16H30O2. The zero-order valence-corrected chi connectivity index (χ0v) is 12.4. The van der Waals surface area contributed by atoms with E-state index in [-0.39, 0.29) is 11.3 Å². The second-order valence-corrected chi connectivity index (χ2v) is 5.51. The van der Waals surface area contributed by atoms with Crippen LogP contribution < -0.4 is 0 Å². The molecule has 2 N–H and O–H groups in total. The maximum absolute atomic E-state index is 10.6. The monoisotopic (exact) mass is 254 g/mol. The molecule has 0 aromatic rings. The van der Waals surface area contributed by atoms with E-state index in [0.717, 1.165) is 25.7 Å². The molecule has 0 aliphatic rings. The quantitative estimate of drug-likeness (QED) is 0.616. The van der Waals surface area contributed by atoms with Gasteiger partial charge in [0.25, 0.3) is 0 Å². The van der Waals surface area contributed by atoms with E-state index in [1.54, 1.807) is 0 Å². The Kier molecular flexibility index (Phi) is 8.26. The molecule has 0 bridgehead atoms. The largest absolute Gasteiger partial charge is 0.393 e. The van der Waals surface area contributed by atoms with E-state index >= 15 is 0 Å². The van der Waals surface area contributed by atoms with Crippen LogP contribution in [0.2, 0.25) is 0 Å². The summed E-state index contributed by atoms with van der Waals surface area (Å²) in [5.74, 6) is 0.240. The first kappa shape index (κ1) is 17.4. The van der Waals surface area contributed by atoms with Gasteiger partial charge in [-0.1, -0.05) is 40.2 Å². The SMILES string of the molecule is C=C=CC(C)CC(O)C(CCC)(CCC)C(C)O. The van der Waals surface area contributed by atoms with Crippen LogP contribution >= 0.6 is 0 Å². The summed E-state index contributed by atoms with van der Waals surface area (Å²) < 4.78 is 0. The highest BCUT2D eigenvalue weighted by atomic mass is 16.3. The average Bonchev–Trinajstić information content (AvgIpc) is 2.28. The third kappa shape index (κ3) is 4.61. The summed E-state index contributed by atoms with van der Waals surface area (Å²) >= 11 is 0. The van der Waals surface area contributed by atoms with E-state index in [1.807, 2.05) is 19.9 Å². The van der Waals surface area contributed by atoms with Gasteiger partial charge in [-0.2, -0.15) is 0 Å². The minimum absolute atomic E-state index is 0.240. The Labute approximate surface area is 112 Å². The van der Waals surface area contributed by atoms with Crippen LogP contribution in [0.4, 0.5) is 0 Å². The maximum Gasteiger partial charge on any atom is 0.0626 e. The Bertz CT molecular complexity index is 258. The Morgan fingerprint density at radius 1 is 1.17 bits per heavy atom. The molecule has 2 nitrogen and oxygen atoms in total. The fraction of sp³-hybridized carbons (Fsp3) is 0.812. The summed E-state index contributed by atoms with van der Waals surface area (Å²) in [5, 5.41) is 20.7. The number of hydrogen-bond acceptors (Lipinski definition) is 2. The molecule has 18 heavy (non-hydrogen) atoms. The molecule has 3 atom stereocenters. The van der Waals surface area contributed by atoms with Crippen molar-refractivity contribution in [1.29, 1.82) is 0 Å². The molecule has 0 amide bonds. The van der Waals surface area contributed by atoms with Crippen molar-refractivity contribution in [3.8, 4) is 0 Å². The average molecular weight is 254 g/mol. The zero-order chi connectivity index (χ0) is 14.2. The molecular weight excluding hydrogens is 224 g/mol. The van der Waals surface area contributed by atoms with E-state index in [1.165, 1.54) is 0 Å². The van der Waals surface area contributed by atoms with E-state index < -0.39 is 12.2 Å². The molecule has 0 aliphatic carbocycles. The molecule has 0 saturated carbocycles. The predicted molar refractivity (Wildman–Crippen MR) is 77.4 cm³/mol. The molecule has 0 aromatic carbocycles. The van der Waals surface area contributed by atoms with Crippen molar-refractivity contribution in [2.45, 2.75) is 72.0 Å². The Morgan fingerprint density at radius 2 is 1.67 bits per heavy atom. The van der Waals surface area contributed by atoms with Gasteiger partial charge in [0.1, 0.15) is 0 Å². The molecule has 2 heteroatoms. The fourth-order valence-electron chi connectivity index (χ4n) is 2.94. The third-order valence-corrected chi connectivity index (χ3v) is 3.92. The predicted octanol–water partition coefficient (Wildman–Crippen LogP) is 3.68. The van der Waals surface area contributed by atoms with Gasteiger partial charge in [-0.3, -0.25) is 0 Å². The van der Waals surface area contributed by atoms with Crippen LogP contribution in [-0.2, 0) is 0 Å². The number of aliphatic hydroxyl groups excluding tert-OH is 2. The molecule has 3 unspecified atom stereocenters. The lowest BCUT2D eigenvalue weighted by Gasteiger charge is -2.41. The normalized spacial score (nSPS) is 16.8. The highest BCUT2D eigenvalue weighted by Gasteiger charge is 2.40. The van der Waals surface area contributed by atoms with Crippen molar-refractivity contribution in [3.05, 3.63) is 18.4 Å². The number of hydrogen-bond donors (Lipinski definition) is 2. The van der Waals surface area contributed by atoms with Crippen molar-refractivity contribution in [2.24, 2.45) is 11.3 Å². The summed E-state index contributed by atoms with van der Waals surface area (Å²) in [6, 6.07) is 0. The lowest BCUT2D eigenvalue weighted by atomic mass is 9.68. The number of aliphatic hydroxyl groups is 2. The molecule has 106 valence electrons. The molecule has 0 aromatic heterocycles. The molecule has 0 radical (unpaired) electrons. The first-order chi connectivity index (χ1) is 8.44. The van der Waals surface area contributed by atoms with E-state index in [9.17, 15) is 10.2 Å². The first-order valence-electron chi connectivity index (χ1n) is 7.16. The molecule has 0 saturated heterocycles. The smallest absolute Gasteiger partial charge is 0.0626 e. The van der Waals surface area contributed by atoms with Crippen molar-refractivity contribution in [3.63, 3.8) is 0 Å². The summed E-state index contributed by atoms with van der Waals surface area (Å²) in [7, 11) is 0. The molecule has 0 heterocycles. The van der Waals surface area contributed by atoms with Crippen LogP contribution in [0.15, 0.2) is 18.4 Å². The molecule has 0 spiro atoms. The fourth-order valence-corrected chi connectivity index (χ4v) is 2.94. The van der Waals surface area contributed by atoms with E-state index in [2.05, 4.69) is 26.2 Å². The van der Waals surface area contributed by atoms with Gasteiger partial charge in [0.2, 0.25) is 0 Å². The number of rotatable bonds is 9. The van der Waals surface area contributed by atoms with Crippen molar-refractivity contribution in [2.75, 3.05) is 0 Å². The van der Waals surface area contributed by atoms with Crippen LogP contribution in [-0.4, -0.2) is 22.4 Å².